The van der Waals surface area contributed by atoms with E-state index in [0.29, 0.717) is 59.2 Å². The van der Waals surface area contributed by atoms with E-state index in [2.05, 4.69) is 40.4 Å². The summed E-state index contributed by atoms with van der Waals surface area (Å²) in [4.78, 5) is 25.6. The van der Waals surface area contributed by atoms with Gasteiger partial charge in [-0.2, -0.15) is 0 Å². The molecule has 4 rings (SSSR count). The number of carbonyl (C=O) groups is 2. The van der Waals surface area contributed by atoms with Crippen LogP contribution in [0.25, 0.3) is 0 Å². The number of hydrogen-bond donors (Lipinski definition) is 0. The van der Waals surface area contributed by atoms with E-state index < -0.39 is 8.32 Å². The number of carbonyl (C=O) groups excluding carboxylic acids is 2. The summed E-state index contributed by atoms with van der Waals surface area (Å²) in [5, 5.41) is 0. The summed E-state index contributed by atoms with van der Waals surface area (Å²) in [6.07, 6.45) is 11.1. The zero-order valence-corrected chi connectivity index (χ0v) is 23.2. The van der Waals surface area contributed by atoms with Crippen LogP contribution in [-0.4, -0.2) is 33.3 Å². The highest BCUT2D eigenvalue weighted by atomic mass is 28.4. The van der Waals surface area contributed by atoms with Crippen molar-refractivity contribution in [1.29, 1.82) is 0 Å². The van der Waals surface area contributed by atoms with Crippen LogP contribution >= 0.6 is 0 Å². The van der Waals surface area contributed by atoms with Crippen LogP contribution in [0.3, 0.4) is 0 Å². The Morgan fingerprint density at radius 3 is 2.48 bits per heavy atom. The Labute approximate surface area is 203 Å². The Bertz CT molecular complexity index is 759. The van der Waals surface area contributed by atoms with Crippen LogP contribution in [-0.2, 0) is 18.8 Å². The number of fused-ring (bicyclic) bond motifs is 5. The molecular formula is C28H48O4Si. The monoisotopic (exact) mass is 476 g/mol. The first-order valence-corrected chi connectivity index (χ1v) is 17.1. The van der Waals surface area contributed by atoms with Crippen molar-refractivity contribution in [2.75, 3.05) is 7.11 Å². The molecule has 4 aliphatic rings. The highest BCUT2D eigenvalue weighted by Crippen LogP contribution is 2.67. The third kappa shape index (κ3) is 4.50. The molecule has 0 bridgehead atoms. The van der Waals surface area contributed by atoms with Gasteiger partial charge in [-0.25, -0.2) is 0 Å². The molecule has 0 radical (unpaired) electrons. The number of ether oxygens (including phenoxy) is 1. The molecular weight excluding hydrogens is 428 g/mol. The minimum Gasteiger partial charge on any atom is -0.469 e. The third-order valence-corrected chi connectivity index (χ3v) is 11.8. The van der Waals surface area contributed by atoms with Gasteiger partial charge in [0.15, 0.2) is 8.32 Å². The number of Topliss-reactive ketones (excluding diaryl/α,β-unsaturated/α-hetero) is 1. The Hall–Kier alpha value is -0.683. The number of esters is 1. The maximum Gasteiger partial charge on any atom is 0.305 e. The fourth-order valence-corrected chi connectivity index (χ4v) is 10.3. The van der Waals surface area contributed by atoms with E-state index in [1.165, 1.54) is 45.6 Å². The lowest BCUT2D eigenvalue weighted by molar-refractivity contribution is -0.160. The molecule has 0 amide bonds. The fraction of sp³-hybridized carbons (Fsp3) is 0.929. The van der Waals surface area contributed by atoms with Gasteiger partial charge in [0, 0.05) is 24.4 Å². The van der Waals surface area contributed by atoms with Crippen LogP contribution in [0.2, 0.25) is 19.6 Å². The average Bonchev–Trinajstić information content (AvgIpc) is 3.10. The Balaban J connectivity index is 1.49. The molecule has 4 saturated carbocycles. The van der Waals surface area contributed by atoms with Crippen molar-refractivity contribution in [3.05, 3.63) is 0 Å². The zero-order valence-electron chi connectivity index (χ0n) is 22.2. The van der Waals surface area contributed by atoms with Crippen LogP contribution in [0.15, 0.2) is 0 Å². The molecule has 4 nitrogen and oxygen atoms in total. The first-order chi connectivity index (χ1) is 15.4. The van der Waals surface area contributed by atoms with Gasteiger partial charge in [0.1, 0.15) is 5.78 Å². The van der Waals surface area contributed by atoms with E-state index in [1.54, 1.807) is 0 Å². The van der Waals surface area contributed by atoms with Gasteiger partial charge in [0.05, 0.1) is 7.11 Å². The van der Waals surface area contributed by atoms with Crippen molar-refractivity contribution in [3.8, 4) is 0 Å². The number of methoxy groups -OCH3 is 1. The summed E-state index contributed by atoms with van der Waals surface area (Å²) in [5.41, 5.74) is 0.103. The fourth-order valence-electron chi connectivity index (χ4n) is 9.12. The van der Waals surface area contributed by atoms with Crippen LogP contribution in [0, 0.1) is 46.3 Å². The lowest BCUT2D eigenvalue weighted by Gasteiger charge is -2.60. The molecule has 188 valence electrons. The molecule has 4 fully saturated rings. The second kappa shape index (κ2) is 9.08. The van der Waals surface area contributed by atoms with Crippen molar-refractivity contribution in [3.63, 3.8) is 0 Å². The standard InChI is InChI=1S/C28H48O4Si/c1-18(8-13-26(30)31-4)22-11-12-23-21-10-9-19-16-20(32-33(5,6)7)14-15-27(19,2)24(21)17-25(29)28(22,23)3/h18-24H,8-17H2,1-7H3/t18-,19-,20-,21?,22-,23?,24?,27+,28-/m1/s1. The van der Waals surface area contributed by atoms with Crippen molar-refractivity contribution >= 4 is 20.1 Å². The van der Waals surface area contributed by atoms with E-state index in [1.807, 2.05) is 0 Å². The van der Waals surface area contributed by atoms with Gasteiger partial charge in [0.25, 0.3) is 0 Å². The van der Waals surface area contributed by atoms with E-state index in [4.69, 9.17) is 9.16 Å². The predicted molar refractivity (Wildman–Crippen MR) is 134 cm³/mol. The molecule has 9 atom stereocenters. The van der Waals surface area contributed by atoms with Gasteiger partial charge in [-0.15, -0.1) is 0 Å². The molecule has 4 aliphatic carbocycles. The molecule has 5 heteroatoms. The first kappa shape index (κ1) is 25.4. The predicted octanol–water partition coefficient (Wildman–Crippen LogP) is 6.63. The maximum atomic E-state index is 13.9. The molecule has 0 spiro atoms. The van der Waals surface area contributed by atoms with Gasteiger partial charge in [-0.3, -0.25) is 9.59 Å². The van der Waals surface area contributed by atoms with E-state index >= 15 is 0 Å². The molecule has 33 heavy (non-hydrogen) atoms. The largest absolute Gasteiger partial charge is 0.469 e. The van der Waals surface area contributed by atoms with Crippen LogP contribution in [0.1, 0.15) is 85.0 Å². The number of ketones is 1. The molecule has 0 aromatic rings. The molecule has 0 heterocycles. The zero-order chi connectivity index (χ0) is 24.2. The first-order valence-electron chi connectivity index (χ1n) is 13.7. The maximum absolute atomic E-state index is 13.9. The average molecular weight is 477 g/mol. The molecule has 0 aromatic carbocycles. The van der Waals surface area contributed by atoms with E-state index in [0.717, 1.165) is 19.3 Å². The van der Waals surface area contributed by atoms with Gasteiger partial charge in [-0.05, 0) is 112 Å². The normalized spacial score (nSPS) is 43.9. The lowest BCUT2D eigenvalue weighted by Crippen LogP contribution is -2.57. The minimum atomic E-state index is -1.52. The van der Waals surface area contributed by atoms with Crippen LogP contribution < -0.4 is 0 Å². The molecule has 3 unspecified atom stereocenters. The molecule has 0 N–H and O–H groups in total. The lowest BCUT2D eigenvalue weighted by atomic mass is 9.44. The molecule has 0 aromatic heterocycles. The van der Waals surface area contributed by atoms with Gasteiger partial charge >= 0.3 is 5.97 Å². The second-order valence-electron chi connectivity index (χ2n) is 13.5. The Kier molecular flexibility index (Phi) is 6.99. The number of rotatable bonds is 6. The van der Waals surface area contributed by atoms with Gasteiger partial charge in [0.2, 0.25) is 0 Å². The molecule has 0 aliphatic heterocycles. The van der Waals surface area contributed by atoms with E-state index in [-0.39, 0.29) is 11.4 Å². The third-order valence-electron chi connectivity index (χ3n) is 10.8. The van der Waals surface area contributed by atoms with E-state index in [9.17, 15) is 9.59 Å². The topological polar surface area (TPSA) is 52.6 Å². The molecule has 0 saturated heterocycles. The van der Waals surface area contributed by atoms with Crippen molar-refractivity contribution in [2.24, 2.45) is 46.3 Å². The van der Waals surface area contributed by atoms with Crippen molar-refractivity contribution in [1.82, 2.24) is 0 Å². The van der Waals surface area contributed by atoms with Crippen LogP contribution in [0.5, 0.6) is 0 Å². The van der Waals surface area contributed by atoms with Crippen molar-refractivity contribution in [2.45, 2.75) is 111 Å². The van der Waals surface area contributed by atoms with Crippen LogP contribution in [0.4, 0.5) is 0 Å². The Morgan fingerprint density at radius 1 is 1.09 bits per heavy atom. The van der Waals surface area contributed by atoms with Crippen molar-refractivity contribution < 1.29 is 18.8 Å². The summed E-state index contributed by atoms with van der Waals surface area (Å²) < 4.78 is 11.4. The smallest absolute Gasteiger partial charge is 0.305 e. The quantitative estimate of drug-likeness (QED) is 0.319. The summed E-state index contributed by atoms with van der Waals surface area (Å²) in [6, 6.07) is 0. The second-order valence-corrected chi connectivity index (χ2v) is 17.9. The minimum absolute atomic E-state index is 0.128. The highest BCUT2D eigenvalue weighted by Gasteiger charge is 2.64. The SMILES string of the molecule is COC(=O)CC[C@@H](C)[C@H]1CCC2C3CC[C@@H]4C[C@H](O[Si](C)(C)C)CC[C@]4(C)C3CC(=O)[C@@]21C. The van der Waals surface area contributed by atoms with Gasteiger partial charge in [-0.1, -0.05) is 20.8 Å². The summed E-state index contributed by atoms with van der Waals surface area (Å²) >= 11 is 0. The Morgan fingerprint density at radius 2 is 1.82 bits per heavy atom. The summed E-state index contributed by atoms with van der Waals surface area (Å²) in [7, 11) is -0.0522. The highest BCUT2D eigenvalue weighted by molar-refractivity contribution is 6.69. The summed E-state index contributed by atoms with van der Waals surface area (Å²) in [6.45, 7) is 14.0. The van der Waals surface area contributed by atoms with Gasteiger partial charge < -0.3 is 9.16 Å². The summed E-state index contributed by atoms with van der Waals surface area (Å²) in [5.74, 6) is 3.69. The number of hydrogen-bond acceptors (Lipinski definition) is 4.